The van der Waals surface area contributed by atoms with Gasteiger partial charge in [-0.15, -0.1) is 0 Å². The zero-order valence-corrected chi connectivity index (χ0v) is 5.94. The van der Waals surface area contributed by atoms with Crippen molar-refractivity contribution in [1.82, 2.24) is 0 Å². The molecule has 0 saturated heterocycles. The Hall–Kier alpha value is -2.04. The predicted molar refractivity (Wildman–Crippen MR) is 34.3 cm³/mol. The van der Waals surface area contributed by atoms with Crippen LogP contribution in [-0.4, -0.2) is 0 Å². The first kappa shape index (κ1) is 6.66. The van der Waals surface area contributed by atoms with Crippen molar-refractivity contribution in [1.29, 1.82) is 21.0 Å². The summed E-state index contributed by atoms with van der Waals surface area (Å²) in [5.74, 6) is -0.620. The second kappa shape index (κ2) is 1.42. The van der Waals surface area contributed by atoms with Crippen LogP contribution < -0.4 is 0 Å². The summed E-state index contributed by atoms with van der Waals surface area (Å²) in [4.78, 5) is 0. The number of nitriles is 4. The van der Waals surface area contributed by atoms with E-state index in [4.69, 9.17) is 21.0 Å². The van der Waals surface area contributed by atoms with Crippen molar-refractivity contribution in [2.75, 3.05) is 0 Å². The Bertz CT molecular complexity index is 340. The summed E-state index contributed by atoms with van der Waals surface area (Å²) in [5, 5.41) is 34.4. The lowest BCUT2D eigenvalue weighted by Gasteiger charge is -2.11. The molecule has 0 aromatic carbocycles. The Kier molecular flexibility index (Phi) is 0.790. The molecule has 0 N–H and O–H groups in total. The molecular formula is C8H2N4. The molecule has 0 spiro atoms. The third-order valence-corrected chi connectivity index (χ3v) is 2.82. The smallest absolute Gasteiger partial charge is 0.155 e. The van der Waals surface area contributed by atoms with Crippen molar-refractivity contribution in [3.05, 3.63) is 0 Å². The molecule has 0 aromatic rings. The van der Waals surface area contributed by atoms with Crippen LogP contribution in [0.5, 0.6) is 0 Å². The molecule has 0 heterocycles. The highest BCUT2D eigenvalue weighted by molar-refractivity contribution is 5.57. The van der Waals surface area contributed by atoms with Gasteiger partial charge in [-0.05, 0) is 0 Å². The van der Waals surface area contributed by atoms with Crippen molar-refractivity contribution in [2.24, 2.45) is 22.7 Å². The van der Waals surface area contributed by atoms with Gasteiger partial charge in [0.05, 0.1) is 24.3 Å². The summed E-state index contributed by atoms with van der Waals surface area (Å²) < 4.78 is 0. The first-order chi connectivity index (χ1) is 5.73. The zero-order valence-electron chi connectivity index (χ0n) is 5.94. The maximum atomic E-state index is 8.59. The van der Waals surface area contributed by atoms with Crippen molar-refractivity contribution >= 4 is 0 Å². The zero-order chi connectivity index (χ0) is 8.98. The van der Waals surface area contributed by atoms with Crippen molar-refractivity contribution < 1.29 is 0 Å². The van der Waals surface area contributed by atoms with E-state index in [1.165, 1.54) is 0 Å². The van der Waals surface area contributed by atoms with E-state index in [9.17, 15) is 0 Å². The molecule has 2 aliphatic carbocycles. The maximum Gasteiger partial charge on any atom is 0.155 e. The molecule has 2 rings (SSSR count). The van der Waals surface area contributed by atoms with Gasteiger partial charge in [0, 0.05) is 11.8 Å². The molecular weight excluding hydrogens is 152 g/mol. The lowest BCUT2D eigenvalue weighted by molar-refractivity contribution is 0.459. The van der Waals surface area contributed by atoms with Gasteiger partial charge in [-0.2, -0.15) is 21.0 Å². The van der Waals surface area contributed by atoms with E-state index in [0.717, 1.165) is 0 Å². The third-order valence-electron chi connectivity index (χ3n) is 2.82. The average molecular weight is 154 g/mol. The largest absolute Gasteiger partial charge is 0.197 e. The van der Waals surface area contributed by atoms with Gasteiger partial charge in [0.1, 0.15) is 0 Å². The third kappa shape index (κ3) is 0.334. The molecule has 0 aromatic heterocycles. The summed E-state index contributed by atoms with van der Waals surface area (Å²) >= 11 is 0. The summed E-state index contributed by atoms with van der Waals surface area (Å²) in [5.41, 5.74) is -2.02. The molecule has 4 heteroatoms. The quantitative estimate of drug-likeness (QED) is 0.501. The monoisotopic (exact) mass is 154 g/mol. The van der Waals surface area contributed by atoms with E-state index in [-0.39, 0.29) is 11.8 Å². The normalized spacial score (nSPS) is 35.7. The van der Waals surface area contributed by atoms with E-state index in [0.29, 0.717) is 0 Å². The Morgan fingerprint density at radius 3 is 1.08 bits per heavy atom. The highest BCUT2D eigenvalue weighted by Gasteiger charge is 2.96. The van der Waals surface area contributed by atoms with Crippen LogP contribution in [0.3, 0.4) is 0 Å². The molecule has 2 saturated carbocycles. The molecule has 2 fully saturated rings. The highest BCUT2D eigenvalue weighted by Crippen LogP contribution is 2.87. The molecule has 12 heavy (non-hydrogen) atoms. The van der Waals surface area contributed by atoms with Gasteiger partial charge in [-0.1, -0.05) is 0 Å². The lowest BCUT2D eigenvalue weighted by Crippen LogP contribution is -2.21. The van der Waals surface area contributed by atoms with E-state index in [1.54, 1.807) is 0 Å². The summed E-state index contributed by atoms with van der Waals surface area (Å²) in [6.45, 7) is 0. The van der Waals surface area contributed by atoms with Crippen molar-refractivity contribution in [2.45, 2.75) is 0 Å². The number of rotatable bonds is 0. The van der Waals surface area contributed by atoms with Gasteiger partial charge in [0.25, 0.3) is 0 Å². The fraction of sp³-hybridized carbons (Fsp3) is 0.500. The molecule has 0 radical (unpaired) electrons. The fourth-order valence-electron chi connectivity index (χ4n) is 2.00. The predicted octanol–water partition coefficient (Wildman–Crippen LogP) is 0.313. The van der Waals surface area contributed by atoms with Crippen LogP contribution in [0.1, 0.15) is 0 Å². The highest BCUT2D eigenvalue weighted by atomic mass is 14.9. The second-order valence-electron chi connectivity index (χ2n) is 3.14. The SMILES string of the molecule is N#CC1(C#N)C2C1C2(C#N)C#N. The number of hydrogen-bond acceptors (Lipinski definition) is 4. The van der Waals surface area contributed by atoms with E-state index in [1.807, 2.05) is 24.3 Å². The molecule has 0 amide bonds. The number of fused-ring (bicyclic) bond motifs is 1. The topological polar surface area (TPSA) is 95.2 Å². The minimum Gasteiger partial charge on any atom is -0.197 e. The minimum absolute atomic E-state index is 0.310. The van der Waals surface area contributed by atoms with Gasteiger partial charge < -0.3 is 0 Å². The maximum absolute atomic E-state index is 8.59. The van der Waals surface area contributed by atoms with Crippen LogP contribution in [0.2, 0.25) is 0 Å². The fourth-order valence-corrected chi connectivity index (χ4v) is 2.00. The van der Waals surface area contributed by atoms with Gasteiger partial charge >= 0.3 is 0 Å². The molecule has 0 atom stereocenters. The number of nitrogens with zero attached hydrogens (tertiary/aromatic N) is 4. The molecule has 2 aliphatic rings. The van der Waals surface area contributed by atoms with Crippen LogP contribution in [0.25, 0.3) is 0 Å². The Balaban J connectivity index is 2.30. The second-order valence-corrected chi connectivity index (χ2v) is 3.14. The van der Waals surface area contributed by atoms with Crippen LogP contribution in [0.4, 0.5) is 0 Å². The lowest BCUT2D eigenvalue weighted by atomic mass is 9.82. The first-order valence-electron chi connectivity index (χ1n) is 3.38. The molecule has 54 valence electrons. The van der Waals surface area contributed by atoms with E-state index < -0.39 is 10.8 Å². The van der Waals surface area contributed by atoms with Crippen LogP contribution in [0.15, 0.2) is 0 Å². The van der Waals surface area contributed by atoms with Gasteiger partial charge in [0.15, 0.2) is 10.8 Å². The van der Waals surface area contributed by atoms with Crippen LogP contribution >= 0.6 is 0 Å². The Labute approximate surface area is 68.9 Å². The minimum atomic E-state index is -1.01. The van der Waals surface area contributed by atoms with E-state index >= 15 is 0 Å². The molecule has 4 nitrogen and oxygen atoms in total. The summed E-state index contributed by atoms with van der Waals surface area (Å²) in [7, 11) is 0. The molecule has 0 aliphatic heterocycles. The average Bonchev–Trinajstić information content (AvgIpc) is 2.96. The van der Waals surface area contributed by atoms with Crippen molar-refractivity contribution in [3.63, 3.8) is 0 Å². The summed E-state index contributed by atoms with van der Waals surface area (Å²) in [6, 6.07) is 7.45. The van der Waals surface area contributed by atoms with E-state index in [2.05, 4.69) is 0 Å². The van der Waals surface area contributed by atoms with Crippen LogP contribution in [-0.2, 0) is 0 Å². The first-order valence-corrected chi connectivity index (χ1v) is 3.38. The van der Waals surface area contributed by atoms with Crippen molar-refractivity contribution in [3.8, 4) is 24.3 Å². The number of hydrogen-bond donors (Lipinski definition) is 0. The molecule has 0 bridgehead atoms. The Morgan fingerprint density at radius 1 is 0.667 bits per heavy atom. The van der Waals surface area contributed by atoms with Crippen LogP contribution in [0, 0.1) is 68.0 Å². The van der Waals surface area contributed by atoms with Gasteiger partial charge in [-0.25, -0.2) is 0 Å². The summed E-state index contributed by atoms with van der Waals surface area (Å²) in [6.07, 6.45) is 0. The van der Waals surface area contributed by atoms with Gasteiger partial charge in [-0.3, -0.25) is 0 Å². The van der Waals surface area contributed by atoms with Gasteiger partial charge in [0.2, 0.25) is 0 Å². The Morgan fingerprint density at radius 2 is 0.917 bits per heavy atom. The molecule has 0 unspecified atom stereocenters. The standard InChI is InChI=1S/C8H2N4/c9-1-7(2-10)5-6(7)8(5,3-11)4-12/h5-6H.